The first kappa shape index (κ1) is 15.0. The van der Waals surface area contributed by atoms with Crippen LogP contribution in [0.25, 0.3) is 0 Å². The number of aryl methyl sites for hydroxylation is 2. The van der Waals surface area contributed by atoms with Gasteiger partial charge in [0.1, 0.15) is 0 Å². The molecular weight excluding hydrogens is 302 g/mol. The zero-order valence-electron chi connectivity index (χ0n) is 12.5. The molecule has 0 aliphatic heterocycles. The van der Waals surface area contributed by atoms with Gasteiger partial charge in [-0.25, -0.2) is 0 Å². The summed E-state index contributed by atoms with van der Waals surface area (Å²) in [5, 5.41) is 8.21. The van der Waals surface area contributed by atoms with Crippen molar-refractivity contribution in [2.45, 2.75) is 52.5 Å². The molecule has 0 aromatic carbocycles. The molecule has 0 bridgehead atoms. The van der Waals surface area contributed by atoms with E-state index in [4.69, 9.17) is 0 Å². The molecule has 2 atom stereocenters. The third kappa shape index (κ3) is 3.82. The van der Waals surface area contributed by atoms with Crippen LogP contribution in [0.1, 0.15) is 45.0 Å². The van der Waals surface area contributed by atoms with Gasteiger partial charge in [0.2, 0.25) is 0 Å². The van der Waals surface area contributed by atoms with Crippen LogP contribution in [-0.4, -0.2) is 22.4 Å². The van der Waals surface area contributed by atoms with Crippen LogP contribution in [0.5, 0.6) is 0 Å². The van der Waals surface area contributed by atoms with Crippen molar-refractivity contribution in [1.29, 1.82) is 0 Å². The van der Waals surface area contributed by atoms with E-state index in [0.29, 0.717) is 11.8 Å². The van der Waals surface area contributed by atoms with Crippen LogP contribution >= 0.6 is 15.9 Å². The lowest BCUT2D eigenvalue weighted by Gasteiger charge is -2.20. The standard InChI is InChI=1S/C15H26BrN3/c1-5-13-15(16)14(19(4)18-13)8-10(2)11(3)9-17-12-6-7-12/h10-12,17H,5-9H2,1-4H3. The van der Waals surface area contributed by atoms with Crippen LogP contribution in [0, 0.1) is 11.8 Å². The maximum Gasteiger partial charge on any atom is 0.0766 e. The molecule has 2 rings (SSSR count). The highest BCUT2D eigenvalue weighted by Crippen LogP contribution is 2.27. The summed E-state index contributed by atoms with van der Waals surface area (Å²) in [5.74, 6) is 1.37. The van der Waals surface area contributed by atoms with Gasteiger partial charge in [0, 0.05) is 13.1 Å². The third-order valence-electron chi connectivity index (χ3n) is 4.30. The van der Waals surface area contributed by atoms with E-state index in [1.165, 1.54) is 28.7 Å². The zero-order chi connectivity index (χ0) is 14.0. The van der Waals surface area contributed by atoms with Gasteiger partial charge in [-0.1, -0.05) is 20.8 Å². The molecule has 1 saturated carbocycles. The van der Waals surface area contributed by atoms with Gasteiger partial charge in [0.15, 0.2) is 0 Å². The summed E-state index contributed by atoms with van der Waals surface area (Å²) < 4.78 is 3.26. The minimum absolute atomic E-state index is 0.669. The molecule has 3 nitrogen and oxygen atoms in total. The van der Waals surface area contributed by atoms with Crippen molar-refractivity contribution in [3.8, 4) is 0 Å². The molecule has 0 saturated heterocycles. The number of hydrogen-bond acceptors (Lipinski definition) is 2. The average Bonchev–Trinajstić information content (AvgIpc) is 3.17. The van der Waals surface area contributed by atoms with E-state index in [2.05, 4.69) is 54.2 Å². The summed E-state index contributed by atoms with van der Waals surface area (Å²) in [6.07, 6.45) is 4.82. The first-order chi connectivity index (χ1) is 9.02. The zero-order valence-corrected chi connectivity index (χ0v) is 14.1. The number of halogens is 1. The largest absolute Gasteiger partial charge is 0.314 e. The highest BCUT2D eigenvalue weighted by Gasteiger charge is 2.23. The van der Waals surface area contributed by atoms with Crippen molar-refractivity contribution in [3.05, 3.63) is 15.9 Å². The smallest absolute Gasteiger partial charge is 0.0766 e. The van der Waals surface area contributed by atoms with Crippen LogP contribution in [0.3, 0.4) is 0 Å². The normalized spacial score (nSPS) is 18.6. The Labute approximate surface area is 125 Å². The van der Waals surface area contributed by atoms with Gasteiger partial charge in [-0.2, -0.15) is 5.10 Å². The second-order valence-corrected chi connectivity index (χ2v) is 6.82. The van der Waals surface area contributed by atoms with E-state index < -0.39 is 0 Å². The topological polar surface area (TPSA) is 29.9 Å². The van der Waals surface area contributed by atoms with E-state index in [1.54, 1.807) is 0 Å². The minimum atomic E-state index is 0.669. The molecule has 1 aliphatic rings. The summed E-state index contributed by atoms with van der Waals surface area (Å²) in [6, 6.07) is 0.810. The fourth-order valence-electron chi connectivity index (χ4n) is 2.39. The van der Waals surface area contributed by atoms with Crippen LogP contribution in [-0.2, 0) is 19.9 Å². The van der Waals surface area contributed by atoms with E-state index in [0.717, 1.165) is 25.4 Å². The average molecular weight is 328 g/mol. The van der Waals surface area contributed by atoms with Gasteiger partial charge in [-0.15, -0.1) is 0 Å². The van der Waals surface area contributed by atoms with Crippen LogP contribution in [0.4, 0.5) is 0 Å². The highest BCUT2D eigenvalue weighted by atomic mass is 79.9. The van der Waals surface area contributed by atoms with Gasteiger partial charge in [0.05, 0.1) is 15.9 Å². The first-order valence-corrected chi connectivity index (χ1v) is 8.25. The van der Waals surface area contributed by atoms with Crippen molar-refractivity contribution in [2.75, 3.05) is 6.54 Å². The van der Waals surface area contributed by atoms with Gasteiger partial charge >= 0.3 is 0 Å². The Kier molecular flexibility index (Phi) is 5.07. The van der Waals surface area contributed by atoms with Crippen LogP contribution < -0.4 is 5.32 Å². The molecule has 4 heteroatoms. The van der Waals surface area contributed by atoms with Gasteiger partial charge in [0.25, 0.3) is 0 Å². The molecule has 0 spiro atoms. The summed E-state index contributed by atoms with van der Waals surface area (Å²) in [7, 11) is 2.05. The lowest BCUT2D eigenvalue weighted by atomic mass is 9.91. The number of nitrogens with zero attached hydrogens (tertiary/aromatic N) is 2. The van der Waals surface area contributed by atoms with Crippen molar-refractivity contribution in [3.63, 3.8) is 0 Å². The molecule has 1 aromatic rings. The fourth-order valence-corrected chi connectivity index (χ4v) is 3.17. The van der Waals surface area contributed by atoms with E-state index in [1.807, 2.05) is 4.68 Å². The van der Waals surface area contributed by atoms with Crippen molar-refractivity contribution >= 4 is 15.9 Å². The fraction of sp³-hybridized carbons (Fsp3) is 0.800. The van der Waals surface area contributed by atoms with Crippen molar-refractivity contribution in [2.24, 2.45) is 18.9 Å². The Balaban J connectivity index is 1.93. The molecule has 0 radical (unpaired) electrons. The Hall–Kier alpha value is -0.350. The predicted molar refractivity (Wildman–Crippen MR) is 83.3 cm³/mol. The minimum Gasteiger partial charge on any atom is -0.314 e. The lowest BCUT2D eigenvalue weighted by Crippen LogP contribution is -2.28. The second kappa shape index (κ2) is 6.40. The Bertz CT molecular complexity index is 423. The van der Waals surface area contributed by atoms with E-state index in [9.17, 15) is 0 Å². The van der Waals surface area contributed by atoms with Crippen molar-refractivity contribution < 1.29 is 0 Å². The SMILES string of the molecule is CCc1nn(C)c(CC(C)C(C)CNC2CC2)c1Br. The Morgan fingerprint density at radius 2 is 2.05 bits per heavy atom. The predicted octanol–water partition coefficient (Wildman–Crippen LogP) is 3.31. The Morgan fingerprint density at radius 1 is 1.37 bits per heavy atom. The molecule has 1 N–H and O–H groups in total. The third-order valence-corrected chi connectivity index (χ3v) is 5.21. The van der Waals surface area contributed by atoms with E-state index >= 15 is 0 Å². The first-order valence-electron chi connectivity index (χ1n) is 7.46. The lowest BCUT2D eigenvalue weighted by molar-refractivity contribution is 0.357. The molecule has 0 amide bonds. The Morgan fingerprint density at radius 3 is 2.58 bits per heavy atom. The maximum absolute atomic E-state index is 4.58. The molecule has 1 fully saturated rings. The number of rotatable bonds is 7. The van der Waals surface area contributed by atoms with Gasteiger partial charge < -0.3 is 5.32 Å². The molecular formula is C15H26BrN3. The summed E-state index contributed by atoms with van der Waals surface area (Å²) in [6.45, 7) is 8.00. The molecule has 108 valence electrons. The number of nitrogens with one attached hydrogen (secondary N) is 1. The highest BCUT2D eigenvalue weighted by molar-refractivity contribution is 9.10. The summed E-state index contributed by atoms with van der Waals surface area (Å²) in [5.41, 5.74) is 2.51. The van der Waals surface area contributed by atoms with Crippen LogP contribution in [0.15, 0.2) is 4.47 Å². The van der Waals surface area contributed by atoms with Crippen LogP contribution in [0.2, 0.25) is 0 Å². The summed E-state index contributed by atoms with van der Waals surface area (Å²) in [4.78, 5) is 0. The van der Waals surface area contributed by atoms with Gasteiger partial charge in [-0.05, 0) is 60.0 Å². The van der Waals surface area contributed by atoms with Crippen molar-refractivity contribution in [1.82, 2.24) is 15.1 Å². The van der Waals surface area contributed by atoms with Gasteiger partial charge in [-0.3, -0.25) is 4.68 Å². The quantitative estimate of drug-likeness (QED) is 0.832. The maximum atomic E-state index is 4.58. The second-order valence-electron chi connectivity index (χ2n) is 6.03. The number of aromatic nitrogens is 2. The number of hydrogen-bond donors (Lipinski definition) is 1. The molecule has 1 heterocycles. The molecule has 1 aliphatic carbocycles. The monoisotopic (exact) mass is 327 g/mol. The van der Waals surface area contributed by atoms with E-state index in [-0.39, 0.29) is 0 Å². The molecule has 19 heavy (non-hydrogen) atoms. The molecule has 2 unspecified atom stereocenters. The molecule has 1 aromatic heterocycles. The summed E-state index contributed by atoms with van der Waals surface area (Å²) >= 11 is 3.71.